The Morgan fingerprint density at radius 1 is 1.12 bits per heavy atom. The van der Waals surface area contributed by atoms with Crippen LogP contribution in [0.1, 0.15) is 69.1 Å². The van der Waals surface area contributed by atoms with E-state index in [4.69, 9.17) is 10.5 Å². The molecule has 2 N–H and O–H groups in total. The number of hydrogen-bond acceptors (Lipinski definition) is 6. The van der Waals surface area contributed by atoms with E-state index in [1.54, 1.807) is 16.8 Å². The van der Waals surface area contributed by atoms with Gasteiger partial charge >= 0.3 is 6.09 Å². The van der Waals surface area contributed by atoms with Gasteiger partial charge in [0.15, 0.2) is 0 Å². The molecule has 1 amide bonds. The van der Waals surface area contributed by atoms with Crippen molar-refractivity contribution in [3.63, 3.8) is 0 Å². The van der Waals surface area contributed by atoms with Crippen LogP contribution in [0.2, 0.25) is 0 Å². The predicted octanol–water partition coefficient (Wildman–Crippen LogP) is 6.90. The number of carbonyl (C=O) groups is 1. The van der Waals surface area contributed by atoms with Gasteiger partial charge < -0.3 is 10.5 Å². The van der Waals surface area contributed by atoms with Crippen LogP contribution >= 0.6 is 0 Å². The van der Waals surface area contributed by atoms with Crippen molar-refractivity contribution in [2.24, 2.45) is 5.73 Å². The molecule has 1 aromatic heterocycles. The maximum atomic E-state index is 12.2. The fourth-order valence-electron chi connectivity index (χ4n) is 5.99. The lowest BCUT2D eigenvalue weighted by Gasteiger charge is -2.42. The first kappa shape index (κ1) is 29.0. The topological polar surface area (TPSA) is 110 Å². The molecule has 0 aliphatic heterocycles. The number of fused-ring (bicyclic) bond motifs is 1. The van der Waals surface area contributed by atoms with E-state index < -0.39 is 6.09 Å². The van der Waals surface area contributed by atoms with Gasteiger partial charge in [0.1, 0.15) is 11.3 Å². The molecule has 0 radical (unpaired) electrons. The smallest absolute Gasteiger partial charge is 0.409 e. The molecule has 8 nitrogen and oxygen atoms in total. The Hall–Kier alpha value is -4.48. The Labute approximate surface area is 247 Å². The second kappa shape index (κ2) is 12.2. The molecule has 216 valence electrons. The van der Waals surface area contributed by atoms with Crippen molar-refractivity contribution < 1.29 is 9.53 Å². The number of carbonyl (C=O) groups excluding carboxylic acids is 1. The molecule has 0 atom stereocenters. The van der Waals surface area contributed by atoms with E-state index >= 15 is 0 Å². The first-order valence-corrected chi connectivity index (χ1v) is 14.5. The van der Waals surface area contributed by atoms with Gasteiger partial charge in [0, 0.05) is 22.7 Å². The van der Waals surface area contributed by atoms with E-state index in [0.717, 1.165) is 53.5 Å². The Kier molecular flexibility index (Phi) is 8.41. The number of aromatic nitrogens is 3. The number of benzene rings is 3. The fraction of sp³-hybridized carbons (Fsp3) is 0.353. The van der Waals surface area contributed by atoms with Crippen LogP contribution in [0.3, 0.4) is 0 Å². The first-order valence-electron chi connectivity index (χ1n) is 14.5. The first-order chi connectivity index (χ1) is 20.2. The molecule has 1 aliphatic rings. The lowest BCUT2D eigenvalue weighted by atomic mass is 9.77. The normalized spacial score (nSPS) is 17.5. The molecule has 0 spiro atoms. The largest absolute Gasteiger partial charge is 0.410 e. The summed E-state index contributed by atoms with van der Waals surface area (Å²) in [7, 11) is 2.21. The third-order valence-corrected chi connectivity index (χ3v) is 8.45. The minimum Gasteiger partial charge on any atom is -0.410 e. The predicted molar refractivity (Wildman–Crippen MR) is 166 cm³/mol. The van der Waals surface area contributed by atoms with Gasteiger partial charge in [-0.25, -0.2) is 9.48 Å². The Bertz CT molecular complexity index is 1640. The molecule has 1 fully saturated rings. The number of nitriles is 1. The van der Waals surface area contributed by atoms with Crippen LogP contribution in [0.5, 0.6) is 5.75 Å². The second-order valence-electron chi connectivity index (χ2n) is 12.0. The van der Waals surface area contributed by atoms with Crippen LogP contribution in [0.4, 0.5) is 4.79 Å². The number of rotatable bonds is 7. The zero-order valence-corrected chi connectivity index (χ0v) is 24.7. The maximum absolute atomic E-state index is 12.2. The van der Waals surface area contributed by atoms with Crippen molar-refractivity contribution in [2.45, 2.75) is 70.5 Å². The number of nitrogens with two attached hydrogens (primary N) is 1. The molecule has 5 rings (SSSR count). The maximum Gasteiger partial charge on any atom is 0.409 e. The summed E-state index contributed by atoms with van der Waals surface area (Å²) in [4.78, 5) is 14.7. The van der Waals surface area contributed by atoms with Crippen LogP contribution in [0, 0.1) is 11.3 Å². The van der Waals surface area contributed by atoms with Gasteiger partial charge in [-0.15, -0.1) is 5.10 Å². The number of nitrogens with zero attached hydrogens (tertiary/aromatic N) is 5. The van der Waals surface area contributed by atoms with Crippen molar-refractivity contribution in [3.8, 4) is 22.9 Å². The number of amides is 1. The summed E-state index contributed by atoms with van der Waals surface area (Å²) in [5.41, 5.74) is 11.7. The van der Waals surface area contributed by atoms with Crippen molar-refractivity contribution in [1.82, 2.24) is 19.9 Å². The van der Waals surface area contributed by atoms with Crippen molar-refractivity contribution in [2.75, 3.05) is 7.05 Å². The number of primary amides is 1. The average Bonchev–Trinajstić information content (AvgIpc) is 3.38. The highest BCUT2D eigenvalue weighted by atomic mass is 16.5. The van der Waals surface area contributed by atoms with Gasteiger partial charge in [-0.1, -0.05) is 59.8 Å². The SMILES string of the molecule is CN(C1CCC(c2c(/C=C/Cn3nnc4cc(C#N)ccc43)ccc(-c3ccccc3)c2OC(N)=O)CC1)C(C)(C)C. The molecule has 0 unspecified atom stereocenters. The average molecular weight is 563 g/mol. The molecule has 3 aromatic carbocycles. The molecule has 1 aliphatic carbocycles. The standard InChI is InChI=1S/C34H38N6O2/c1-34(2,3)39(4)27-16-13-26(14-17-27)31-25(11-8-20-40-30-19-12-23(22-35)21-29(30)37-38-40)15-18-28(32(31)42-33(36)41)24-9-6-5-7-10-24/h5-12,15,18-19,21,26-27H,13-14,16-17,20H2,1-4H3,(H2,36,41)/b11-8+. The summed E-state index contributed by atoms with van der Waals surface area (Å²) in [5, 5.41) is 17.7. The van der Waals surface area contributed by atoms with Crippen molar-refractivity contribution in [3.05, 3.63) is 83.4 Å². The molecule has 42 heavy (non-hydrogen) atoms. The van der Waals surface area contributed by atoms with Crippen LogP contribution in [0.25, 0.3) is 28.2 Å². The summed E-state index contributed by atoms with van der Waals surface area (Å²) < 4.78 is 7.63. The van der Waals surface area contributed by atoms with Gasteiger partial charge in [-0.05, 0) is 88.7 Å². The lowest BCUT2D eigenvalue weighted by molar-refractivity contribution is 0.0868. The van der Waals surface area contributed by atoms with Gasteiger partial charge in [0.25, 0.3) is 0 Å². The number of ether oxygens (including phenoxy) is 1. The van der Waals surface area contributed by atoms with Crippen LogP contribution in [-0.4, -0.2) is 44.6 Å². The zero-order chi connectivity index (χ0) is 29.9. The van der Waals surface area contributed by atoms with Crippen LogP contribution in [0.15, 0.2) is 66.7 Å². The second-order valence-corrected chi connectivity index (χ2v) is 12.0. The summed E-state index contributed by atoms with van der Waals surface area (Å²) in [6, 6.07) is 22.1. The molecular formula is C34H38N6O2. The fourth-order valence-corrected chi connectivity index (χ4v) is 5.99. The summed E-state index contributed by atoms with van der Waals surface area (Å²) in [6.07, 6.45) is 7.37. The van der Waals surface area contributed by atoms with Gasteiger partial charge in [-0.2, -0.15) is 5.26 Å². The molecular weight excluding hydrogens is 524 g/mol. The van der Waals surface area contributed by atoms with E-state index in [0.29, 0.717) is 29.4 Å². The minimum atomic E-state index is -0.818. The quantitative estimate of drug-likeness (QED) is 0.262. The summed E-state index contributed by atoms with van der Waals surface area (Å²) >= 11 is 0. The monoisotopic (exact) mass is 562 g/mol. The summed E-state index contributed by atoms with van der Waals surface area (Å²) in [5.74, 6) is 0.752. The van der Waals surface area contributed by atoms with E-state index in [9.17, 15) is 10.1 Å². The van der Waals surface area contributed by atoms with Crippen LogP contribution in [-0.2, 0) is 6.54 Å². The Morgan fingerprint density at radius 2 is 1.86 bits per heavy atom. The highest BCUT2D eigenvalue weighted by Gasteiger charge is 2.32. The number of allylic oxidation sites excluding steroid dienone is 1. The van der Waals surface area contributed by atoms with Crippen LogP contribution < -0.4 is 10.5 Å². The van der Waals surface area contributed by atoms with Crippen molar-refractivity contribution in [1.29, 1.82) is 5.26 Å². The highest BCUT2D eigenvalue weighted by molar-refractivity contribution is 5.81. The van der Waals surface area contributed by atoms with Gasteiger partial charge in [0.05, 0.1) is 23.7 Å². The molecule has 8 heteroatoms. The lowest BCUT2D eigenvalue weighted by Crippen LogP contribution is -2.46. The molecule has 1 heterocycles. The third kappa shape index (κ3) is 6.22. The summed E-state index contributed by atoms with van der Waals surface area (Å²) in [6.45, 7) is 7.26. The van der Waals surface area contributed by atoms with E-state index in [2.05, 4.69) is 61.2 Å². The van der Waals surface area contributed by atoms with Gasteiger partial charge in [0.2, 0.25) is 0 Å². The number of hydrogen-bond donors (Lipinski definition) is 1. The zero-order valence-electron chi connectivity index (χ0n) is 24.7. The van der Waals surface area contributed by atoms with E-state index in [-0.39, 0.29) is 11.5 Å². The van der Waals surface area contributed by atoms with Gasteiger partial charge in [-0.3, -0.25) is 4.90 Å². The van der Waals surface area contributed by atoms with Crippen molar-refractivity contribution >= 4 is 23.2 Å². The minimum absolute atomic E-state index is 0.0978. The molecule has 0 saturated heterocycles. The third-order valence-electron chi connectivity index (χ3n) is 8.45. The molecule has 0 bridgehead atoms. The Balaban J connectivity index is 1.51. The Morgan fingerprint density at radius 3 is 2.52 bits per heavy atom. The highest BCUT2D eigenvalue weighted by Crippen LogP contribution is 2.45. The van der Waals surface area contributed by atoms with E-state index in [1.807, 2.05) is 48.5 Å². The molecule has 4 aromatic rings. The van der Waals surface area contributed by atoms with E-state index in [1.165, 1.54) is 0 Å². The molecule has 1 saturated carbocycles.